The Balaban J connectivity index is 2.09. The van der Waals surface area contributed by atoms with E-state index in [0.29, 0.717) is 23.8 Å². The van der Waals surface area contributed by atoms with Gasteiger partial charge in [0, 0.05) is 12.5 Å². The van der Waals surface area contributed by atoms with Crippen molar-refractivity contribution in [3.63, 3.8) is 0 Å². The molecular weight excluding hydrogens is 280 g/mol. The molecule has 20 heavy (non-hydrogen) atoms. The van der Waals surface area contributed by atoms with Gasteiger partial charge in [-0.15, -0.1) is 11.3 Å². The van der Waals surface area contributed by atoms with E-state index < -0.39 is 12.0 Å². The summed E-state index contributed by atoms with van der Waals surface area (Å²) in [5, 5.41) is 12.7. The van der Waals surface area contributed by atoms with Crippen LogP contribution in [0.15, 0.2) is 0 Å². The first kappa shape index (κ1) is 14.9. The molecule has 0 saturated carbocycles. The van der Waals surface area contributed by atoms with Crippen molar-refractivity contribution in [3.8, 4) is 0 Å². The number of thiazole rings is 1. The third kappa shape index (κ3) is 3.34. The summed E-state index contributed by atoms with van der Waals surface area (Å²) in [7, 11) is 0. The van der Waals surface area contributed by atoms with Gasteiger partial charge < -0.3 is 15.2 Å². The number of aryl methyl sites for hydroxylation is 2. The van der Waals surface area contributed by atoms with Crippen LogP contribution < -0.4 is 5.32 Å². The van der Waals surface area contributed by atoms with Crippen LogP contribution in [0.1, 0.15) is 33.2 Å². The monoisotopic (exact) mass is 298 g/mol. The van der Waals surface area contributed by atoms with E-state index in [0.717, 1.165) is 17.8 Å². The average Bonchev–Trinajstić information content (AvgIpc) is 2.75. The Labute approximate surface area is 121 Å². The lowest BCUT2D eigenvalue weighted by molar-refractivity contribution is -0.142. The maximum Gasteiger partial charge on any atom is 0.326 e. The van der Waals surface area contributed by atoms with Gasteiger partial charge in [0.15, 0.2) is 0 Å². The molecular formula is C13H18N2O4S. The molecule has 0 bridgehead atoms. The van der Waals surface area contributed by atoms with E-state index in [1.807, 2.05) is 6.92 Å². The smallest absolute Gasteiger partial charge is 0.326 e. The van der Waals surface area contributed by atoms with Crippen molar-refractivity contribution >= 4 is 23.2 Å². The average molecular weight is 298 g/mol. The maximum absolute atomic E-state index is 12.2. The molecule has 0 radical (unpaired) electrons. The first-order valence-electron chi connectivity index (χ1n) is 6.54. The van der Waals surface area contributed by atoms with Crippen molar-refractivity contribution in [2.24, 2.45) is 5.92 Å². The number of hydrogen-bond acceptors (Lipinski definition) is 5. The van der Waals surface area contributed by atoms with Gasteiger partial charge in [-0.05, 0) is 26.7 Å². The number of amides is 1. The zero-order valence-electron chi connectivity index (χ0n) is 11.5. The number of aromatic nitrogens is 1. The molecule has 2 rings (SSSR count). The minimum absolute atomic E-state index is 0.181. The first-order chi connectivity index (χ1) is 9.49. The van der Waals surface area contributed by atoms with Crippen LogP contribution in [0.3, 0.4) is 0 Å². The van der Waals surface area contributed by atoms with E-state index in [9.17, 15) is 14.7 Å². The standard InChI is InChI=1S/C13H18N2O4S/c1-7-11(20-8(2)14-7)12(16)15-10(13(17)18)9-4-3-5-19-6-9/h9-10H,3-6H2,1-2H3,(H,15,16)(H,17,18). The first-order valence-corrected chi connectivity index (χ1v) is 7.36. The Morgan fingerprint density at radius 3 is 2.75 bits per heavy atom. The molecule has 2 N–H and O–H groups in total. The van der Waals surface area contributed by atoms with Crippen LogP contribution in [-0.4, -0.2) is 41.2 Å². The highest BCUT2D eigenvalue weighted by atomic mass is 32.1. The Bertz CT molecular complexity index is 508. The lowest BCUT2D eigenvalue weighted by atomic mass is 9.93. The van der Waals surface area contributed by atoms with Gasteiger partial charge in [0.1, 0.15) is 10.9 Å². The molecule has 0 spiro atoms. The number of carbonyl (C=O) groups excluding carboxylic acids is 1. The third-order valence-corrected chi connectivity index (χ3v) is 4.40. The van der Waals surface area contributed by atoms with E-state index in [1.54, 1.807) is 6.92 Å². The van der Waals surface area contributed by atoms with Gasteiger partial charge in [0.2, 0.25) is 0 Å². The van der Waals surface area contributed by atoms with Crippen LogP contribution in [0, 0.1) is 19.8 Å². The molecule has 2 heterocycles. The van der Waals surface area contributed by atoms with Gasteiger partial charge >= 0.3 is 5.97 Å². The Kier molecular flexibility index (Phi) is 4.72. The summed E-state index contributed by atoms with van der Waals surface area (Å²) >= 11 is 1.28. The van der Waals surface area contributed by atoms with Crippen LogP contribution in [0.5, 0.6) is 0 Å². The predicted octanol–water partition coefficient (Wildman–Crippen LogP) is 1.37. The quantitative estimate of drug-likeness (QED) is 0.876. The van der Waals surface area contributed by atoms with Crippen LogP contribution >= 0.6 is 11.3 Å². The van der Waals surface area contributed by atoms with Crippen molar-refractivity contribution in [2.75, 3.05) is 13.2 Å². The number of hydrogen-bond donors (Lipinski definition) is 2. The van der Waals surface area contributed by atoms with Crippen LogP contribution in [-0.2, 0) is 9.53 Å². The Hall–Kier alpha value is -1.47. The molecule has 2 unspecified atom stereocenters. The van der Waals surface area contributed by atoms with Gasteiger partial charge in [-0.2, -0.15) is 0 Å². The highest BCUT2D eigenvalue weighted by Crippen LogP contribution is 2.20. The Morgan fingerprint density at radius 1 is 1.50 bits per heavy atom. The molecule has 1 aliphatic heterocycles. The molecule has 1 aliphatic rings. The largest absolute Gasteiger partial charge is 0.480 e. The van der Waals surface area contributed by atoms with E-state index in [1.165, 1.54) is 11.3 Å². The molecule has 7 heteroatoms. The molecule has 1 saturated heterocycles. The number of carbonyl (C=O) groups is 2. The summed E-state index contributed by atoms with van der Waals surface area (Å²) in [5.41, 5.74) is 0.633. The molecule has 1 aromatic rings. The molecule has 110 valence electrons. The molecule has 0 aromatic carbocycles. The second kappa shape index (κ2) is 6.32. The number of aliphatic carboxylic acids is 1. The lowest BCUT2D eigenvalue weighted by Crippen LogP contribution is -2.48. The highest BCUT2D eigenvalue weighted by molar-refractivity contribution is 7.13. The maximum atomic E-state index is 12.2. The van der Waals surface area contributed by atoms with Crippen molar-refractivity contribution in [1.82, 2.24) is 10.3 Å². The second-order valence-electron chi connectivity index (χ2n) is 4.91. The normalized spacial score (nSPS) is 20.4. The summed E-state index contributed by atoms with van der Waals surface area (Å²) in [6.07, 6.45) is 1.57. The van der Waals surface area contributed by atoms with Gasteiger partial charge in [-0.25, -0.2) is 9.78 Å². The van der Waals surface area contributed by atoms with Gasteiger partial charge in [-0.1, -0.05) is 0 Å². The predicted molar refractivity (Wildman–Crippen MR) is 74.0 cm³/mol. The van der Waals surface area contributed by atoms with E-state index in [-0.39, 0.29) is 11.8 Å². The summed E-state index contributed by atoms with van der Waals surface area (Å²) in [6, 6.07) is -0.912. The fourth-order valence-corrected chi connectivity index (χ4v) is 3.18. The van der Waals surface area contributed by atoms with Crippen molar-refractivity contribution in [3.05, 3.63) is 15.6 Å². The SMILES string of the molecule is Cc1nc(C)c(C(=O)NC(C(=O)O)C2CCCOC2)s1. The molecule has 0 aliphatic carbocycles. The van der Waals surface area contributed by atoms with Gasteiger partial charge in [0.25, 0.3) is 5.91 Å². The number of nitrogens with one attached hydrogen (secondary N) is 1. The van der Waals surface area contributed by atoms with Crippen molar-refractivity contribution in [1.29, 1.82) is 0 Å². The highest BCUT2D eigenvalue weighted by Gasteiger charge is 2.32. The lowest BCUT2D eigenvalue weighted by Gasteiger charge is -2.27. The zero-order chi connectivity index (χ0) is 14.7. The van der Waals surface area contributed by atoms with Crippen molar-refractivity contribution in [2.45, 2.75) is 32.7 Å². The van der Waals surface area contributed by atoms with Crippen molar-refractivity contribution < 1.29 is 19.4 Å². The number of ether oxygens (including phenoxy) is 1. The summed E-state index contributed by atoms with van der Waals surface area (Å²) in [4.78, 5) is 28.2. The second-order valence-corrected chi connectivity index (χ2v) is 6.12. The van der Waals surface area contributed by atoms with E-state index >= 15 is 0 Å². The minimum Gasteiger partial charge on any atom is -0.480 e. The fraction of sp³-hybridized carbons (Fsp3) is 0.615. The molecule has 1 amide bonds. The summed E-state index contributed by atoms with van der Waals surface area (Å²) in [5.74, 6) is -1.57. The summed E-state index contributed by atoms with van der Waals surface area (Å²) in [6.45, 7) is 4.60. The fourth-order valence-electron chi connectivity index (χ4n) is 2.36. The number of carboxylic acid groups (broad SMARTS) is 1. The van der Waals surface area contributed by atoms with Crippen LogP contribution in [0.4, 0.5) is 0 Å². The van der Waals surface area contributed by atoms with Crippen LogP contribution in [0.25, 0.3) is 0 Å². The van der Waals surface area contributed by atoms with Crippen LogP contribution in [0.2, 0.25) is 0 Å². The Morgan fingerprint density at radius 2 is 2.25 bits per heavy atom. The number of rotatable bonds is 4. The topological polar surface area (TPSA) is 88.5 Å². The van der Waals surface area contributed by atoms with E-state index in [4.69, 9.17) is 4.74 Å². The van der Waals surface area contributed by atoms with Gasteiger partial charge in [0.05, 0.1) is 17.3 Å². The van der Waals surface area contributed by atoms with Gasteiger partial charge in [-0.3, -0.25) is 4.79 Å². The number of nitrogens with zero attached hydrogens (tertiary/aromatic N) is 1. The molecule has 1 fully saturated rings. The number of carboxylic acids is 1. The minimum atomic E-state index is -1.02. The van der Waals surface area contributed by atoms with E-state index in [2.05, 4.69) is 10.3 Å². The molecule has 2 atom stereocenters. The zero-order valence-corrected chi connectivity index (χ0v) is 12.3. The molecule has 6 nitrogen and oxygen atoms in total. The summed E-state index contributed by atoms with van der Waals surface area (Å²) < 4.78 is 5.30. The third-order valence-electron chi connectivity index (χ3n) is 3.33. The molecule has 1 aromatic heterocycles.